The van der Waals surface area contributed by atoms with Gasteiger partial charge in [0.2, 0.25) is 0 Å². The highest BCUT2D eigenvalue weighted by atomic mass is 16.6. The second-order valence-corrected chi connectivity index (χ2v) is 7.25. The maximum Gasteiger partial charge on any atom is 0.408 e. The van der Waals surface area contributed by atoms with Crippen LogP contribution in [0.4, 0.5) is 4.79 Å². The van der Waals surface area contributed by atoms with Crippen LogP contribution in [-0.4, -0.2) is 34.4 Å². The molecule has 2 N–H and O–H groups in total. The van der Waals surface area contributed by atoms with Crippen molar-refractivity contribution in [1.82, 2.24) is 5.32 Å². The maximum atomic E-state index is 12.4. The molecule has 134 valence electrons. The molecule has 1 atom stereocenters. The number of esters is 1. The molecule has 1 aromatic rings. The zero-order valence-electron chi connectivity index (χ0n) is 15.9. The number of hydrogen-bond acceptors (Lipinski definition) is 5. The fourth-order valence-corrected chi connectivity index (χ4v) is 1.86. The lowest BCUT2D eigenvalue weighted by Gasteiger charge is -2.26. The smallest absolute Gasteiger partial charge is 0.408 e. The Balaban J connectivity index is 2.88. The quantitative estimate of drug-likeness (QED) is 0.824. The Kier molecular flexibility index (Phi) is 5.70. The van der Waals surface area contributed by atoms with Gasteiger partial charge in [0.1, 0.15) is 23.0 Å². The number of benzene rings is 1. The van der Waals surface area contributed by atoms with Crippen LogP contribution in [0.15, 0.2) is 24.3 Å². The summed E-state index contributed by atoms with van der Waals surface area (Å²) in [5, 5.41) is 11.9. The molecule has 6 heteroatoms. The molecule has 0 aliphatic rings. The predicted molar refractivity (Wildman–Crippen MR) is 90.8 cm³/mol. The summed E-state index contributed by atoms with van der Waals surface area (Å²) in [5.41, 5.74) is -0.911. The molecular weight excluding hydrogens is 310 g/mol. The highest BCUT2D eigenvalue weighted by molar-refractivity contribution is 5.82. The number of hydrogen-bond donors (Lipinski definition) is 2. The van der Waals surface area contributed by atoms with Crippen LogP contribution in [0, 0.1) is 0 Å². The molecule has 0 unspecified atom stereocenters. The SMILES string of the molecule is [2H]CC(C)(C)OC(=O)N[C@@H](Cc1ccc(O)cc1)C(=O)OC(C)(C)C. The van der Waals surface area contributed by atoms with E-state index < -0.39 is 29.3 Å². The topological polar surface area (TPSA) is 84.9 Å². The summed E-state index contributed by atoms with van der Waals surface area (Å²) in [5.74, 6) is -0.469. The lowest BCUT2D eigenvalue weighted by molar-refractivity contribution is -0.157. The summed E-state index contributed by atoms with van der Waals surface area (Å²) in [6.07, 6.45) is -0.599. The Morgan fingerprint density at radius 3 is 2.21 bits per heavy atom. The van der Waals surface area contributed by atoms with E-state index in [1.165, 1.54) is 12.1 Å². The van der Waals surface area contributed by atoms with E-state index >= 15 is 0 Å². The molecular formula is C18H27NO5. The number of amides is 1. The lowest BCUT2D eigenvalue weighted by atomic mass is 10.1. The third-order valence-electron chi connectivity index (χ3n) is 2.73. The summed E-state index contributed by atoms with van der Waals surface area (Å²) in [6, 6.07) is 5.38. The number of nitrogens with one attached hydrogen (secondary N) is 1. The molecule has 0 aliphatic carbocycles. The van der Waals surface area contributed by atoms with Gasteiger partial charge in [-0.1, -0.05) is 12.1 Å². The van der Waals surface area contributed by atoms with Crippen molar-refractivity contribution < 1.29 is 25.5 Å². The molecule has 24 heavy (non-hydrogen) atoms. The highest BCUT2D eigenvalue weighted by Crippen LogP contribution is 2.15. The zero-order chi connectivity index (χ0) is 19.3. The number of aromatic hydroxyl groups is 1. The molecule has 0 saturated carbocycles. The van der Waals surface area contributed by atoms with E-state index in [9.17, 15) is 14.7 Å². The second kappa shape index (κ2) is 7.55. The van der Waals surface area contributed by atoms with Crippen molar-refractivity contribution in [1.29, 1.82) is 0 Å². The number of phenols is 1. The first-order chi connectivity index (χ1) is 11.4. The molecule has 0 heterocycles. The van der Waals surface area contributed by atoms with Gasteiger partial charge in [0.25, 0.3) is 0 Å². The van der Waals surface area contributed by atoms with Crippen molar-refractivity contribution in [3.05, 3.63) is 29.8 Å². The highest BCUT2D eigenvalue weighted by Gasteiger charge is 2.28. The van der Waals surface area contributed by atoms with E-state index in [4.69, 9.17) is 10.8 Å². The minimum Gasteiger partial charge on any atom is -0.508 e. The molecule has 1 aromatic carbocycles. The molecule has 6 nitrogen and oxygen atoms in total. The number of carbonyl (C=O) groups is 2. The van der Waals surface area contributed by atoms with Gasteiger partial charge < -0.3 is 19.9 Å². The van der Waals surface area contributed by atoms with Crippen molar-refractivity contribution in [3.63, 3.8) is 0 Å². The summed E-state index contributed by atoms with van der Waals surface area (Å²) >= 11 is 0. The molecule has 0 saturated heterocycles. The molecule has 0 bridgehead atoms. The summed E-state index contributed by atoms with van der Waals surface area (Å²) in [6.45, 7) is 8.34. The van der Waals surface area contributed by atoms with Gasteiger partial charge in [-0.15, -0.1) is 0 Å². The van der Waals surface area contributed by atoms with Gasteiger partial charge in [0, 0.05) is 7.79 Å². The van der Waals surface area contributed by atoms with Gasteiger partial charge in [0.05, 0.1) is 0 Å². The van der Waals surface area contributed by atoms with E-state index in [1.807, 2.05) is 0 Å². The van der Waals surface area contributed by atoms with Gasteiger partial charge in [-0.2, -0.15) is 0 Å². The average Bonchev–Trinajstić information content (AvgIpc) is 2.46. The number of carbonyl (C=O) groups excluding carboxylic acids is 2. The Morgan fingerprint density at radius 1 is 1.12 bits per heavy atom. The fourth-order valence-electron chi connectivity index (χ4n) is 1.86. The van der Waals surface area contributed by atoms with Crippen LogP contribution >= 0.6 is 0 Å². The summed E-state index contributed by atoms with van der Waals surface area (Å²) < 4.78 is 17.9. The van der Waals surface area contributed by atoms with Crippen molar-refractivity contribution >= 4 is 12.1 Å². The van der Waals surface area contributed by atoms with Gasteiger partial charge >= 0.3 is 12.1 Å². The van der Waals surface area contributed by atoms with Crippen LogP contribution in [-0.2, 0) is 20.7 Å². The van der Waals surface area contributed by atoms with Gasteiger partial charge in [0.15, 0.2) is 0 Å². The monoisotopic (exact) mass is 338 g/mol. The van der Waals surface area contributed by atoms with Crippen LogP contribution in [0.5, 0.6) is 5.75 Å². The third kappa shape index (κ3) is 7.85. The van der Waals surface area contributed by atoms with Gasteiger partial charge in [-0.3, -0.25) is 0 Å². The lowest BCUT2D eigenvalue weighted by Crippen LogP contribution is -2.47. The summed E-state index contributed by atoms with van der Waals surface area (Å²) in [7, 11) is 0. The Bertz CT molecular complexity index is 592. The number of alkyl carbamates (subject to hydrolysis) is 1. The van der Waals surface area contributed by atoms with Crippen LogP contribution in [0.2, 0.25) is 0 Å². The minimum atomic E-state index is -0.957. The Labute approximate surface area is 144 Å². The van der Waals surface area contributed by atoms with E-state index in [-0.39, 0.29) is 19.1 Å². The van der Waals surface area contributed by atoms with Crippen molar-refractivity contribution in [2.45, 2.75) is 65.2 Å². The molecule has 0 radical (unpaired) electrons. The Morgan fingerprint density at radius 2 is 1.71 bits per heavy atom. The van der Waals surface area contributed by atoms with Crippen LogP contribution in [0.3, 0.4) is 0 Å². The van der Waals surface area contributed by atoms with Gasteiger partial charge in [-0.25, -0.2) is 9.59 Å². The Hall–Kier alpha value is -2.24. The van der Waals surface area contributed by atoms with E-state index in [1.54, 1.807) is 46.8 Å². The largest absolute Gasteiger partial charge is 0.508 e. The van der Waals surface area contributed by atoms with Crippen molar-refractivity contribution in [2.24, 2.45) is 0 Å². The normalized spacial score (nSPS) is 13.6. The fraction of sp³-hybridized carbons (Fsp3) is 0.556. The van der Waals surface area contributed by atoms with Crippen LogP contribution in [0.25, 0.3) is 0 Å². The standard InChI is InChI=1S/C18H27NO5/c1-17(2,3)23-15(21)14(19-16(22)24-18(4,5)6)11-12-7-9-13(20)10-8-12/h7-10,14,20H,11H2,1-6H3,(H,19,22)/t14-/m0/s1/i4D. The van der Waals surface area contributed by atoms with Crippen LogP contribution < -0.4 is 5.32 Å². The van der Waals surface area contributed by atoms with Crippen molar-refractivity contribution in [2.75, 3.05) is 0 Å². The molecule has 1 rings (SSSR count). The first kappa shape index (κ1) is 18.1. The molecule has 1 amide bonds. The average molecular weight is 338 g/mol. The van der Waals surface area contributed by atoms with E-state index in [0.29, 0.717) is 0 Å². The van der Waals surface area contributed by atoms with Gasteiger partial charge in [-0.05, 0) is 59.2 Å². The number of phenolic OH excluding ortho intramolecular Hbond substituents is 1. The molecule has 0 aliphatic heterocycles. The minimum absolute atomic E-state index is 0.102. The van der Waals surface area contributed by atoms with E-state index in [0.717, 1.165) is 5.56 Å². The first-order valence-electron chi connectivity index (χ1n) is 8.42. The molecule has 0 fully saturated rings. The number of rotatable bonds is 4. The second-order valence-electron chi connectivity index (χ2n) is 7.25. The first-order valence-corrected chi connectivity index (χ1v) is 7.71. The van der Waals surface area contributed by atoms with Crippen LogP contribution in [0.1, 0.15) is 48.5 Å². The van der Waals surface area contributed by atoms with Crippen molar-refractivity contribution in [3.8, 4) is 5.75 Å². The predicted octanol–water partition coefficient (Wildman–Crippen LogP) is 3.17. The zero-order valence-corrected chi connectivity index (χ0v) is 14.9. The summed E-state index contributed by atoms with van der Waals surface area (Å²) in [4.78, 5) is 24.5. The third-order valence-corrected chi connectivity index (χ3v) is 2.73. The maximum absolute atomic E-state index is 12.4. The van der Waals surface area contributed by atoms with E-state index in [2.05, 4.69) is 5.32 Å². The molecule has 0 aromatic heterocycles. The molecule has 0 spiro atoms. The number of ether oxygens (including phenoxy) is 2.